The van der Waals surface area contributed by atoms with Gasteiger partial charge >= 0.3 is 5.97 Å². The van der Waals surface area contributed by atoms with E-state index in [1.54, 1.807) is 17.8 Å². The van der Waals surface area contributed by atoms with Crippen LogP contribution in [0.4, 0.5) is 0 Å². The standard InChI is InChI=1S/C14H19NO4S/c1-3-5-12-15(10(8-20-12)14(17)18)13(16)9-6-7-19-11(9)4-2/h6-7,10,12H,3-5,8H2,1-2H3,(H,17,18). The number of furan rings is 1. The average molecular weight is 297 g/mol. The Morgan fingerprint density at radius 1 is 1.50 bits per heavy atom. The molecule has 0 bridgehead atoms. The molecule has 0 aromatic carbocycles. The van der Waals surface area contributed by atoms with Crippen molar-refractivity contribution in [1.29, 1.82) is 0 Å². The Morgan fingerprint density at radius 2 is 2.25 bits per heavy atom. The molecule has 6 heteroatoms. The summed E-state index contributed by atoms with van der Waals surface area (Å²) in [5.41, 5.74) is 0.488. The topological polar surface area (TPSA) is 70.8 Å². The first-order valence-corrected chi connectivity index (χ1v) is 7.88. The summed E-state index contributed by atoms with van der Waals surface area (Å²) >= 11 is 1.54. The summed E-state index contributed by atoms with van der Waals surface area (Å²) in [7, 11) is 0. The van der Waals surface area contributed by atoms with Crippen LogP contribution in [0.15, 0.2) is 16.7 Å². The number of amides is 1. The third kappa shape index (κ3) is 2.70. The number of hydrogen-bond donors (Lipinski definition) is 1. The minimum absolute atomic E-state index is 0.0618. The van der Waals surface area contributed by atoms with E-state index in [0.29, 0.717) is 23.5 Å². The second-order valence-electron chi connectivity index (χ2n) is 4.75. The van der Waals surface area contributed by atoms with Crippen LogP contribution in [0, 0.1) is 0 Å². The number of carbonyl (C=O) groups is 2. The fourth-order valence-corrected chi connectivity index (χ4v) is 3.95. The molecule has 0 spiro atoms. The highest BCUT2D eigenvalue weighted by molar-refractivity contribution is 8.00. The van der Waals surface area contributed by atoms with E-state index in [1.165, 1.54) is 11.2 Å². The number of hydrogen-bond acceptors (Lipinski definition) is 4. The zero-order chi connectivity index (χ0) is 14.7. The van der Waals surface area contributed by atoms with Crippen molar-refractivity contribution in [1.82, 2.24) is 4.90 Å². The van der Waals surface area contributed by atoms with E-state index >= 15 is 0 Å². The monoisotopic (exact) mass is 297 g/mol. The van der Waals surface area contributed by atoms with Crippen LogP contribution in [0.3, 0.4) is 0 Å². The van der Waals surface area contributed by atoms with E-state index in [-0.39, 0.29) is 11.3 Å². The molecule has 1 aliphatic heterocycles. The lowest BCUT2D eigenvalue weighted by Gasteiger charge is -2.27. The maximum Gasteiger partial charge on any atom is 0.327 e. The Balaban J connectivity index is 2.29. The van der Waals surface area contributed by atoms with Gasteiger partial charge in [-0.05, 0) is 12.5 Å². The molecule has 20 heavy (non-hydrogen) atoms. The lowest BCUT2D eigenvalue weighted by Crippen LogP contribution is -2.45. The molecule has 0 aliphatic carbocycles. The zero-order valence-electron chi connectivity index (χ0n) is 11.7. The van der Waals surface area contributed by atoms with Crippen molar-refractivity contribution in [3.05, 3.63) is 23.7 Å². The summed E-state index contributed by atoms with van der Waals surface area (Å²) in [6.45, 7) is 3.94. The molecule has 1 fully saturated rings. The summed E-state index contributed by atoms with van der Waals surface area (Å²) in [5.74, 6) is -0.103. The number of thioether (sulfide) groups is 1. The van der Waals surface area contributed by atoms with Crippen LogP contribution in [0.25, 0.3) is 0 Å². The molecule has 5 nitrogen and oxygen atoms in total. The highest BCUT2D eigenvalue weighted by atomic mass is 32.2. The maximum atomic E-state index is 12.7. The Morgan fingerprint density at radius 3 is 2.85 bits per heavy atom. The van der Waals surface area contributed by atoms with Gasteiger partial charge < -0.3 is 14.4 Å². The van der Waals surface area contributed by atoms with Crippen LogP contribution in [0.5, 0.6) is 0 Å². The fourth-order valence-electron chi connectivity index (χ4n) is 2.44. The van der Waals surface area contributed by atoms with Gasteiger partial charge in [0.25, 0.3) is 5.91 Å². The van der Waals surface area contributed by atoms with Gasteiger partial charge in [0.15, 0.2) is 0 Å². The number of nitrogens with zero attached hydrogens (tertiary/aromatic N) is 1. The number of aryl methyl sites for hydroxylation is 1. The average Bonchev–Trinajstić information content (AvgIpc) is 3.04. The Kier molecular flexibility index (Phi) is 4.75. The molecule has 2 atom stereocenters. The summed E-state index contributed by atoms with van der Waals surface area (Å²) in [4.78, 5) is 25.6. The van der Waals surface area contributed by atoms with Gasteiger partial charge in [0, 0.05) is 12.2 Å². The van der Waals surface area contributed by atoms with Crippen molar-refractivity contribution >= 4 is 23.6 Å². The van der Waals surface area contributed by atoms with Gasteiger partial charge in [-0.2, -0.15) is 0 Å². The van der Waals surface area contributed by atoms with Gasteiger partial charge in [-0.15, -0.1) is 11.8 Å². The Bertz CT molecular complexity index is 499. The lowest BCUT2D eigenvalue weighted by molar-refractivity contribution is -0.141. The number of rotatable bonds is 5. The van der Waals surface area contributed by atoms with Crippen LogP contribution in [-0.4, -0.2) is 39.1 Å². The first-order chi connectivity index (χ1) is 9.60. The van der Waals surface area contributed by atoms with E-state index in [0.717, 1.165) is 12.8 Å². The van der Waals surface area contributed by atoms with Crippen molar-refractivity contribution < 1.29 is 19.1 Å². The minimum Gasteiger partial charge on any atom is -0.480 e. The molecular formula is C14H19NO4S. The molecule has 2 heterocycles. The van der Waals surface area contributed by atoms with E-state index in [1.807, 2.05) is 13.8 Å². The molecule has 2 unspecified atom stereocenters. The molecule has 1 aromatic rings. The molecular weight excluding hydrogens is 278 g/mol. The SMILES string of the molecule is CCCC1SCC(C(=O)O)N1C(=O)c1ccoc1CC. The zero-order valence-corrected chi connectivity index (χ0v) is 12.5. The van der Waals surface area contributed by atoms with Crippen molar-refractivity contribution in [2.75, 3.05) is 5.75 Å². The van der Waals surface area contributed by atoms with Gasteiger partial charge in [0.2, 0.25) is 0 Å². The predicted molar refractivity (Wildman–Crippen MR) is 76.8 cm³/mol. The van der Waals surface area contributed by atoms with Crippen molar-refractivity contribution in [2.24, 2.45) is 0 Å². The number of carboxylic acids is 1. The number of carboxylic acid groups (broad SMARTS) is 1. The second kappa shape index (κ2) is 6.35. The first-order valence-electron chi connectivity index (χ1n) is 6.83. The lowest BCUT2D eigenvalue weighted by atomic mass is 10.1. The summed E-state index contributed by atoms with van der Waals surface area (Å²) in [6, 6.07) is 0.884. The van der Waals surface area contributed by atoms with E-state index < -0.39 is 12.0 Å². The van der Waals surface area contributed by atoms with Crippen LogP contribution in [0.1, 0.15) is 42.8 Å². The van der Waals surface area contributed by atoms with E-state index in [2.05, 4.69) is 0 Å². The molecule has 1 aliphatic rings. The molecule has 2 rings (SSSR count). The summed E-state index contributed by atoms with van der Waals surface area (Å²) in [5, 5.41) is 9.25. The van der Waals surface area contributed by atoms with Crippen LogP contribution in [-0.2, 0) is 11.2 Å². The van der Waals surface area contributed by atoms with Crippen molar-refractivity contribution in [3.8, 4) is 0 Å². The maximum absolute atomic E-state index is 12.7. The molecule has 1 saturated heterocycles. The molecule has 110 valence electrons. The normalized spacial score (nSPS) is 22.2. The van der Waals surface area contributed by atoms with Crippen LogP contribution >= 0.6 is 11.8 Å². The first kappa shape index (κ1) is 15.0. The van der Waals surface area contributed by atoms with Gasteiger partial charge in [0.1, 0.15) is 11.8 Å². The van der Waals surface area contributed by atoms with Crippen LogP contribution < -0.4 is 0 Å². The number of carbonyl (C=O) groups excluding carboxylic acids is 1. The summed E-state index contributed by atoms with van der Waals surface area (Å²) < 4.78 is 5.28. The van der Waals surface area contributed by atoms with Crippen molar-refractivity contribution in [2.45, 2.75) is 44.5 Å². The third-order valence-corrected chi connectivity index (χ3v) is 4.80. The molecule has 1 amide bonds. The third-order valence-electron chi connectivity index (χ3n) is 3.44. The quantitative estimate of drug-likeness (QED) is 0.904. The Hall–Kier alpha value is -1.43. The largest absolute Gasteiger partial charge is 0.480 e. The molecule has 0 saturated carbocycles. The molecule has 1 N–H and O–H groups in total. The van der Waals surface area contributed by atoms with Crippen molar-refractivity contribution in [3.63, 3.8) is 0 Å². The van der Waals surface area contributed by atoms with Crippen LogP contribution in [0.2, 0.25) is 0 Å². The Labute approximate surface area is 122 Å². The number of aliphatic carboxylic acids is 1. The van der Waals surface area contributed by atoms with Gasteiger partial charge in [-0.3, -0.25) is 4.79 Å². The smallest absolute Gasteiger partial charge is 0.327 e. The highest BCUT2D eigenvalue weighted by Crippen LogP contribution is 2.34. The van der Waals surface area contributed by atoms with Gasteiger partial charge in [-0.1, -0.05) is 20.3 Å². The van der Waals surface area contributed by atoms with Gasteiger partial charge in [-0.25, -0.2) is 4.79 Å². The second-order valence-corrected chi connectivity index (χ2v) is 5.96. The van der Waals surface area contributed by atoms with E-state index in [4.69, 9.17) is 4.42 Å². The van der Waals surface area contributed by atoms with Gasteiger partial charge in [0.05, 0.1) is 17.2 Å². The molecule has 0 radical (unpaired) electrons. The highest BCUT2D eigenvalue weighted by Gasteiger charge is 2.42. The summed E-state index contributed by atoms with van der Waals surface area (Å²) in [6.07, 6.45) is 3.82. The van der Waals surface area contributed by atoms with E-state index in [9.17, 15) is 14.7 Å². The predicted octanol–water partition coefficient (Wildman–Crippen LogP) is 2.61. The fraction of sp³-hybridized carbons (Fsp3) is 0.571. The molecule has 1 aromatic heterocycles. The minimum atomic E-state index is -0.939.